The summed E-state index contributed by atoms with van der Waals surface area (Å²) < 4.78 is 16.2. The number of nitrogen functional groups attached to an aromatic ring is 1. The summed E-state index contributed by atoms with van der Waals surface area (Å²) in [5.74, 6) is 0.813. The smallest absolute Gasteiger partial charge is 0.124 e. The second-order valence-electron chi connectivity index (χ2n) is 3.87. The van der Waals surface area contributed by atoms with E-state index in [0.29, 0.717) is 13.2 Å². The van der Waals surface area contributed by atoms with E-state index >= 15 is 0 Å². The summed E-state index contributed by atoms with van der Waals surface area (Å²) in [7, 11) is 1.65. The Morgan fingerprint density at radius 3 is 3.06 bits per heavy atom. The quantitative estimate of drug-likeness (QED) is 0.787. The van der Waals surface area contributed by atoms with Gasteiger partial charge in [-0.25, -0.2) is 0 Å². The molecule has 0 aliphatic carbocycles. The summed E-state index contributed by atoms with van der Waals surface area (Å²) in [4.78, 5) is 0. The minimum absolute atomic E-state index is 0.200. The molecular formula is C12H17NO3. The molecule has 1 saturated heterocycles. The average Bonchev–Trinajstić information content (AvgIpc) is 2.79. The van der Waals surface area contributed by atoms with Gasteiger partial charge in [0.1, 0.15) is 5.75 Å². The van der Waals surface area contributed by atoms with Crippen molar-refractivity contribution in [1.29, 1.82) is 0 Å². The predicted molar refractivity (Wildman–Crippen MR) is 61.4 cm³/mol. The summed E-state index contributed by atoms with van der Waals surface area (Å²) in [5, 5.41) is 0. The molecule has 0 bridgehead atoms. The Labute approximate surface area is 95.3 Å². The lowest BCUT2D eigenvalue weighted by molar-refractivity contribution is 0.0309. The molecule has 1 atom stereocenters. The molecule has 1 aliphatic rings. The van der Waals surface area contributed by atoms with Crippen LogP contribution in [0.5, 0.6) is 5.75 Å². The van der Waals surface area contributed by atoms with Crippen LogP contribution in [0, 0.1) is 0 Å². The fourth-order valence-corrected chi connectivity index (χ4v) is 1.76. The normalized spacial score (nSPS) is 19.9. The van der Waals surface area contributed by atoms with Crippen molar-refractivity contribution in [2.24, 2.45) is 0 Å². The van der Waals surface area contributed by atoms with Crippen molar-refractivity contribution in [3.8, 4) is 5.75 Å². The minimum atomic E-state index is 0.200. The van der Waals surface area contributed by atoms with E-state index in [9.17, 15) is 0 Å². The summed E-state index contributed by atoms with van der Waals surface area (Å²) in [5.41, 5.74) is 7.44. The Hall–Kier alpha value is -1.26. The molecule has 1 aromatic carbocycles. The standard InChI is InChI=1S/C12H17NO3/c1-14-12-3-2-10(13)6-9(12)7-16-11-4-5-15-8-11/h2-3,6,11H,4-5,7-8,13H2,1H3. The maximum Gasteiger partial charge on any atom is 0.124 e. The Balaban J connectivity index is 1.98. The van der Waals surface area contributed by atoms with Crippen molar-refractivity contribution >= 4 is 5.69 Å². The van der Waals surface area contributed by atoms with Gasteiger partial charge in [-0.05, 0) is 24.6 Å². The van der Waals surface area contributed by atoms with E-state index in [1.165, 1.54) is 0 Å². The van der Waals surface area contributed by atoms with Crippen LogP contribution in [0.4, 0.5) is 5.69 Å². The highest BCUT2D eigenvalue weighted by atomic mass is 16.5. The van der Waals surface area contributed by atoms with Gasteiger partial charge in [-0.3, -0.25) is 0 Å². The second kappa shape index (κ2) is 5.18. The first-order chi connectivity index (χ1) is 7.79. The van der Waals surface area contributed by atoms with Crippen LogP contribution in [0.15, 0.2) is 18.2 Å². The number of rotatable bonds is 4. The molecule has 1 unspecified atom stereocenters. The summed E-state index contributed by atoms with van der Waals surface area (Å²) in [6, 6.07) is 5.56. The van der Waals surface area contributed by atoms with E-state index < -0.39 is 0 Å². The first kappa shape index (κ1) is 11.2. The van der Waals surface area contributed by atoms with Crippen LogP contribution in [0.1, 0.15) is 12.0 Å². The summed E-state index contributed by atoms with van der Waals surface area (Å²) in [6.07, 6.45) is 1.16. The molecule has 4 nitrogen and oxygen atoms in total. The van der Waals surface area contributed by atoms with Crippen LogP contribution in [0.25, 0.3) is 0 Å². The maximum absolute atomic E-state index is 5.73. The van der Waals surface area contributed by atoms with E-state index in [2.05, 4.69) is 0 Å². The van der Waals surface area contributed by atoms with Gasteiger partial charge >= 0.3 is 0 Å². The number of ether oxygens (including phenoxy) is 3. The van der Waals surface area contributed by atoms with Crippen LogP contribution < -0.4 is 10.5 Å². The van der Waals surface area contributed by atoms with Gasteiger partial charge in [0.15, 0.2) is 0 Å². The van der Waals surface area contributed by atoms with E-state index in [4.69, 9.17) is 19.9 Å². The number of nitrogens with two attached hydrogens (primary N) is 1. The van der Waals surface area contributed by atoms with Crippen LogP contribution >= 0.6 is 0 Å². The number of methoxy groups -OCH3 is 1. The molecule has 2 rings (SSSR count). The molecule has 1 heterocycles. The third kappa shape index (κ3) is 2.65. The van der Waals surface area contributed by atoms with Gasteiger partial charge in [-0.2, -0.15) is 0 Å². The molecule has 1 aromatic rings. The van der Waals surface area contributed by atoms with E-state index in [1.54, 1.807) is 7.11 Å². The van der Waals surface area contributed by atoms with Gasteiger partial charge in [0.25, 0.3) is 0 Å². The van der Waals surface area contributed by atoms with Crippen molar-refractivity contribution < 1.29 is 14.2 Å². The largest absolute Gasteiger partial charge is 0.496 e. The van der Waals surface area contributed by atoms with Crippen molar-refractivity contribution in [2.45, 2.75) is 19.1 Å². The summed E-state index contributed by atoms with van der Waals surface area (Å²) in [6.45, 7) is 1.99. The van der Waals surface area contributed by atoms with Crippen molar-refractivity contribution in [2.75, 3.05) is 26.1 Å². The van der Waals surface area contributed by atoms with Crippen molar-refractivity contribution in [3.63, 3.8) is 0 Å². The van der Waals surface area contributed by atoms with E-state index in [1.807, 2.05) is 18.2 Å². The molecular weight excluding hydrogens is 206 g/mol. The molecule has 0 aromatic heterocycles. The Morgan fingerprint density at radius 1 is 1.50 bits per heavy atom. The maximum atomic E-state index is 5.73. The van der Waals surface area contributed by atoms with E-state index in [0.717, 1.165) is 30.0 Å². The number of anilines is 1. The molecule has 88 valence electrons. The zero-order valence-electron chi connectivity index (χ0n) is 9.44. The average molecular weight is 223 g/mol. The van der Waals surface area contributed by atoms with Crippen molar-refractivity contribution in [1.82, 2.24) is 0 Å². The highest BCUT2D eigenvalue weighted by Gasteiger charge is 2.16. The zero-order chi connectivity index (χ0) is 11.4. The lowest BCUT2D eigenvalue weighted by Gasteiger charge is -2.13. The molecule has 16 heavy (non-hydrogen) atoms. The molecule has 0 saturated carbocycles. The van der Waals surface area contributed by atoms with Gasteiger partial charge in [-0.1, -0.05) is 0 Å². The van der Waals surface area contributed by atoms with Crippen molar-refractivity contribution in [3.05, 3.63) is 23.8 Å². The third-order valence-electron chi connectivity index (χ3n) is 2.67. The second-order valence-corrected chi connectivity index (χ2v) is 3.87. The summed E-state index contributed by atoms with van der Waals surface area (Å²) >= 11 is 0. The first-order valence-electron chi connectivity index (χ1n) is 5.41. The fourth-order valence-electron chi connectivity index (χ4n) is 1.76. The monoisotopic (exact) mass is 223 g/mol. The Kier molecular flexibility index (Phi) is 3.64. The van der Waals surface area contributed by atoms with Gasteiger partial charge in [0, 0.05) is 17.9 Å². The topological polar surface area (TPSA) is 53.7 Å². The van der Waals surface area contributed by atoms with E-state index in [-0.39, 0.29) is 6.10 Å². The SMILES string of the molecule is COc1ccc(N)cc1COC1CCOC1. The molecule has 4 heteroatoms. The molecule has 0 radical (unpaired) electrons. The highest BCUT2D eigenvalue weighted by molar-refractivity contribution is 5.47. The lowest BCUT2D eigenvalue weighted by atomic mass is 10.2. The van der Waals surface area contributed by atoms with Gasteiger partial charge in [0.05, 0.1) is 26.4 Å². The highest BCUT2D eigenvalue weighted by Crippen LogP contribution is 2.23. The van der Waals surface area contributed by atoms with Crippen LogP contribution in [-0.2, 0) is 16.1 Å². The molecule has 0 amide bonds. The molecule has 1 fully saturated rings. The van der Waals surface area contributed by atoms with Crippen LogP contribution in [0.2, 0.25) is 0 Å². The van der Waals surface area contributed by atoms with Gasteiger partial charge < -0.3 is 19.9 Å². The molecule has 2 N–H and O–H groups in total. The van der Waals surface area contributed by atoms with Gasteiger partial charge in [-0.15, -0.1) is 0 Å². The molecule has 1 aliphatic heterocycles. The third-order valence-corrected chi connectivity index (χ3v) is 2.67. The molecule has 0 spiro atoms. The first-order valence-corrected chi connectivity index (χ1v) is 5.41. The van der Waals surface area contributed by atoms with Crippen LogP contribution in [-0.4, -0.2) is 26.4 Å². The Bertz CT molecular complexity index is 348. The fraction of sp³-hybridized carbons (Fsp3) is 0.500. The Morgan fingerprint density at radius 2 is 2.38 bits per heavy atom. The van der Waals surface area contributed by atoms with Crippen LogP contribution in [0.3, 0.4) is 0 Å². The number of benzene rings is 1. The minimum Gasteiger partial charge on any atom is -0.496 e. The van der Waals surface area contributed by atoms with Gasteiger partial charge in [0.2, 0.25) is 0 Å². The number of hydrogen-bond acceptors (Lipinski definition) is 4. The zero-order valence-corrected chi connectivity index (χ0v) is 9.44. The predicted octanol–water partition coefficient (Wildman–Crippen LogP) is 1.58. The number of hydrogen-bond donors (Lipinski definition) is 1. The lowest BCUT2D eigenvalue weighted by Crippen LogP contribution is -2.12.